The van der Waals surface area contributed by atoms with Crippen LogP contribution in [-0.2, 0) is 11.2 Å². The summed E-state index contributed by atoms with van der Waals surface area (Å²) in [6.07, 6.45) is 0.729. The van der Waals surface area contributed by atoms with Gasteiger partial charge in [-0.25, -0.2) is 0 Å². The first-order valence-corrected chi connectivity index (χ1v) is 7.22. The number of rotatable bonds is 2. The Morgan fingerprint density at radius 3 is 2.76 bits per heavy atom. The Morgan fingerprint density at radius 1 is 1.14 bits per heavy atom. The molecule has 1 amide bonds. The van der Waals surface area contributed by atoms with E-state index in [1.54, 1.807) is 0 Å². The predicted molar refractivity (Wildman–Crippen MR) is 83.7 cm³/mol. The highest BCUT2D eigenvalue weighted by molar-refractivity contribution is 5.93. The molecule has 0 spiro atoms. The topological polar surface area (TPSA) is 38.3 Å². The monoisotopic (exact) mass is 281 g/mol. The van der Waals surface area contributed by atoms with Crippen LogP contribution in [0.4, 0.5) is 5.69 Å². The van der Waals surface area contributed by atoms with Crippen LogP contribution < -0.4 is 10.1 Å². The number of aryl methyl sites for hydroxylation is 2. The van der Waals surface area contributed by atoms with Crippen LogP contribution in [0.5, 0.6) is 5.75 Å². The van der Waals surface area contributed by atoms with Gasteiger partial charge in [-0.15, -0.1) is 0 Å². The van der Waals surface area contributed by atoms with Gasteiger partial charge < -0.3 is 10.1 Å². The predicted octanol–water partition coefficient (Wildman–Crippen LogP) is 3.49. The summed E-state index contributed by atoms with van der Waals surface area (Å²) in [4.78, 5) is 12.4. The third-order valence-electron chi connectivity index (χ3n) is 4.02. The number of ether oxygens (including phenoxy) is 1. The van der Waals surface area contributed by atoms with E-state index in [0.29, 0.717) is 6.61 Å². The third-order valence-corrected chi connectivity index (χ3v) is 4.02. The van der Waals surface area contributed by atoms with Crippen LogP contribution in [0.2, 0.25) is 0 Å². The number of benzene rings is 2. The molecule has 1 N–H and O–H groups in total. The maximum Gasteiger partial charge on any atom is 0.231 e. The van der Waals surface area contributed by atoms with Gasteiger partial charge in [-0.2, -0.15) is 0 Å². The molecule has 0 unspecified atom stereocenters. The molecule has 1 aliphatic rings. The second-order valence-corrected chi connectivity index (χ2v) is 5.61. The highest BCUT2D eigenvalue weighted by Gasteiger charge is 2.25. The fourth-order valence-corrected chi connectivity index (χ4v) is 2.56. The van der Waals surface area contributed by atoms with Gasteiger partial charge in [-0.05, 0) is 55.2 Å². The summed E-state index contributed by atoms with van der Waals surface area (Å²) in [7, 11) is 0. The molecular weight excluding hydrogens is 262 g/mol. The third kappa shape index (κ3) is 2.92. The van der Waals surface area contributed by atoms with Crippen LogP contribution in [0.15, 0.2) is 42.5 Å². The molecule has 3 nitrogen and oxygen atoms in total. The summed E-state index contributed by atoms with van der Waals surface area (Å²) in [5.74, 6) is 0.780. The molecule has 0 fully saturated rings. The lowest BCUT2D eigenvalue weighted by Gasteiger charge is -2.24. The van der Waals surface area contributed by atoms with Crippen LogP contribution in [0.1, 0.15) is 16.7 Å². The second-order valence-electron chi connectivity index (χ2n) is 5.61. The summed E-state index contributed by atoms with van der Waals surface area (Å²) in [6.45, 7) is 4.55. The summed E-state index contributed by atoms with van der Waals surface area (Å²) >= 11 is 0. The van der Waals surface area contributed by atoms with Crippen LogP contribution in [0.25, 0.3) is 0 Å². The second kappa shape index (κ2) is 5.60. The van der Waals surface area contributed by atoms with Crippen molar-refractivity contribution < 1.29 is 9.53 Å². The van der Waals surface area contributed by atoms with E-state index in [1.807, 2.05) is 49.4 Å². The lowest BCUT2D eigenvalue weighted by molar-refractivity contribution is -0.121. The maximum absolute atomic E-state index is 12.4. The number of anilines is 1. The zero-order valence-electron chi connectivity index (χ0n) is 12.3. The number of carbonyl (C=O) groups excluding carboxylic acids is 1. The van der Waals surface area contributed by atoms with Crippen molar-refractivity contribution in [2.24, 2.45) is 5.92 Å². The summed E-state index contributed by atoms with van der Waals surface area (Å²) < 4.78 is 5.68. The first-order valence-electron chi connectivity index (χ1n) is 7.22. The maximum atomic E-state index is 12.4. The van der Waals surface area contributed by atoms with E-state index in [0.717, 1.165) is 23.4 Å². The van der Waals surface area contributed by atoms with Crippen LogP contribution >= 0.6 is 0 Å². The van der Waals surface area contributed by atoms with E-state index in [-0.39, 0.29) is 11.8 Å². The van der Waals surface area contributed by atoms with Gasteiger partial charge in [0.05, 0.1) is 5.92 Å². The Balaban J connectivity index is 1.70. The van der Waals surface area contributed by atoms with Crippen molar-refractivity contribution in [3.8, 4) is 5.75 Å². The fraction of sp³-hybridized carbons (Fsp3) is 0.278. The largest absolute Gasteiger partial charge is 0.492 e. The van der Waals surface area contributed by atoms with Gasteiger partial charge in [0.2, 0.25) is 5.91 Å². The summed E-state index contributed by atoms with van der Waals surface area (Å²) in [5, 5.41) is 2.99. The number of carbonyl (C=O) groups is 1. The van der Waals surface area contributed by atoms with E-state index < -0.39 is 0 Å². The highest BCUT2D eigenvalue weighted by Crippen LogP contribution is 2.27. The van der Waals surface area contributed by atoms with Crippen molar-refractivity contribution in [2.75, 3.05) is 11.9 Å². The molecule has 1 aliphatic heterocycles. The Hall–Kier alpha value is -2.29. The van der Waals surface area contributed by atoms with Crippen LogP contribution in [0.3, 0.4) is 0 Å². The van der Waals surface area contributed by atoms with Gasteiger partial charge in [0.15, 0.2) is 0 Å². The molecule has 21 heavy (non-hydrogen) atoms. The van der Waals surface area contributed by atoms with E-state index in [1.165, 1.54) is 11.1 Å². The van der Waals surface area contributed by atoms with Crippen molar-refractivity contribution in [3.63, 3.8) is 0 Å². The lowest BCUT2D eigenvalue weighted by atomic mass is 9.96. The smallest absolute Gasteiger partial charge is 0.231 e. The molecular formula is C18H19NO2. The SMILES string of the molecule is Cc1ccc(NC(=O)[C@@H]2COc3ccccc3C2)cc1C. The van der Waals surface area contributed by atoms with Crippen molar-refractivity contribution in [3.05, 3.63) is 59.2 Å². The van der Waals surface area contributed by atoms with Gasteiger partial charge >= 0.3 is 0 Å². The summed E-state index contributed by atoms with van der Waals surface area (Å²) in [5.41, 5.74) is 4.35. The van der Waals surface area contributed by atoms with Crippen molar-refractivity contribution >= 4 is 11.6 Å². The minimum absolute atomic E-state index is 0.0211. The lowest BCUT2D eigenvalue weighted by Crippen LogP contribution is -2.32. The average Bonchev–Trinajstić information content (AvgIpc) is 2.50. The number of fused-ring (bicyclic) bond motifs is 1. The Morgan fingerprint density at radius 2 is 1.95 bits per heavy atom. The van der Waals surface area contributed by atoms with Crippen molar-refractivity contribution in [1.82, 2.24) is 0 Å². The quantitative estimate of drug-likeness (QED) is 0.915. The van der Waals surface area contributed by atoms with E-state index >= 15 is 0 Å². The Labute approximate surface area is 124 Å². The number of hydrogen-bond acceptors (Lipinski definition) is 2. The average molecular weight is 281 g/mol. The van der Waals surface area contributed by atoms with Gasteiger partial charge in [0, 0.05) is 5.69 Å². The zero-order chi connectivity index (χ0) is 14.8. The molecule has 0 aliphatic carbocycles. The molecule has 0 saturated carbocycles. The van der Waals surface area contributed by atoms with E-state index in [9.17, 15) is 4.79 Å². The molecule has 2 aromatic carbocycles. The van der Waals surface area contributed by atoms with Gasteiger partial charge in [0.25, 0.3) is 0 Å². The molecule has 3 heteroatoms. The molecule has 2 aromatic rings. The molecule has 0 bridgehead atoms. The minimum atomic E-state index is -0.137. The first-order chi connectivity index (χ1) is 10.1. The zero-order valence-corrected chi connectivity index (χ0v) is 12.3. The van der Waals surface area contributed by atoms with E-state index in [2.05, 4.69) is 12.2 Å². The van der Waals surface area contributed by atoms with Gasteiger partial charge in [-0.1, -0.05) is 24.3 Å². The summed E-state index contributed by atoms with van der Waals surface area (Å²) in [6, 6.07) is 13.9. The molecule has 108 valence electrons. The number of nitrogens with one attached hydrogen (secondary N) is 1. The molecule has 3 rings (SSSR count). The number of para-hydroxylation sites is 1. The minimum Gasteiger partial charge on any atom is -0.492 e. The van der Waals surface area contributed by atoms with Crippen LogP contribution in [-0.4, -0.2) is 12.5 Å². The number of hydrogen-bond donors (Lipinski definition) is 1. The normalized spacial score (nSPS) is 16.8. The molecule has 1 atom stereocenters. The first kappa shape index (κ1) is 13.7. The van der Waals surface area contributed by atoms with Crippen molar-refractivity contribution in [1.29, 1.82) is 0 Å². The Bertz CT molecular complexity index is 679. The molecule has 0 aromatic heterocycles. The van der Waals surface area contributed by atoms with Crippen molar-refractivity contribution in [2.45, 2.75) is 20.3 Å². The van der Waals surface area contributed by atoms with Gasteiger partial charge in [0.1, 0.15) is 12.4 Å². The molecule has 1 heterocycles. The molecule has 0 radical (unpaired) electrons. The number of amides is 1. The molecule has 0 saturated heterocycles. The van der Waals surface area contributed by atoms with E-state index in [4.69, 9.17) is 4.74 Å². The standard InChI is InChI=1S/C18H19NO2/c1-12-7-8-16(9-13(12)2)19-18(20)15-10-14-5-3-4-6-17(14)21-11-15/h3-9,15H,10-11H2,1-2H3,(H,19,20)/t15-/m0/s1. The van der Waals surface area contributed by atoms with Crippen LogP contribution in [0, 0.1) is 19.8 Å². The Kier molecular flexibility index (Phi) is 3.65. The highest BCUT2D eigenvalue weighted by atomic mass is 16.5. The fourth-order valence-electron chi connectivity index (χ4n) is 2.56. The van der Waals surface area contributed by atoms with Gasteiger partial charge in [-0.3, -0.25) is 4.79 Å².